The molecule has 0 amide bonds. The second-order valence-electron chi connectivity index (χ2n) is 7.00. The third kappa shape index (κ3) is 2.53. The summed E-state index contributed by atoms with van der Waals surface area (Å²) < 4.78 is 0. The maximum Gasteiger partial charge on any atom is 0.225 e. The molecule has 1 aromatic heterocycles. The molecule has 4 heteroatoms. The van der Waals surface area contributed by atoms with Crippen LogP contribution in [-0.4, -0.2) is 47.6 Å². The van der Waals surface area contributed by atoms with Crippen LogP contribution >= 0.6 is 0 Å². The van der Waals surface area contributed by atoms with Crippen molar-refractivity contribution in [2.45, 2.75) is 32.1 Å². The number of rotatable bonds is 3. The fraction of sp³-hybridized carbons (Fsp3) is 0.750. The predicted octanol–water partition coefficient (Wildman–Crippen LogP) is 2.18. The lowest BCUT2D eigenvalue weighted by Crippen LogP contribution is -2.45. The van der Waals surface area contributed by atoms with E-state index >= 15 is 0 Å². The number of nitrogens with zero attached hydrogens (tertiary/aromatic N) is 4. The zero-order valence-corrected chi connectivity index (χ0v) is 12.2. The van der Waals surface area contributed by atoms with Crippen molar-refractivity contribution in [2.24, 2.45) is 11.3 Å². The van der Waals surface area contributed by atoms with Gasteiger partial charge in [-0.15, -0.1) is 0 Å². The van der Waals surface area contributed by atoms with Gasteiger partial charge < -0.3 is 9.80 Å². The third-order valence-corrected chi connectivity index (χ3v) is 5.23. The fourth-order valence-corrected chi connectivity index (χ4v) is 4.02. The molecule has 3 heterocycles. The van der Waals surface area contributed by atoms with Crippen molar-refractivity contribution in [3.63, 3.8) is 0 Å². The van der Waals surface area contributed by atoms with Crippen LogP contribution in [0.25, 0.3) is 0 Å². The molecular formula is C16H24N4. The molecule has 4 rings (SSSR count). The maximum absolute atomic E-state index is 4.44. The van der Waals surface area contributed by atoms with E-state index in [9.17, 15) is 0 Å². The number of anilines is 1. The van der Waals surface area contributed by atoms with Crippen molar-refractivity contribution in [3.05, 3.63) is 18.5 Å². The maximum atomic E-state index is 4.44. The highest BCUT2D eigenvalue weighted by atomic mass is 15.3. The molecule has 2 aliphatic heterocycles. The molecular weight excluding hydrogens is 248 g/mol. The quantitative estimate of drug-likeness (QED) is 0.844. The summed E-state index contributed by atoms with van der Waals surface area (Å²) in [6.07, 6.45) is 10.7. The highest BCUT2D eigenvalue weighted by molar-refractivity contribution is 5.30. The van der Waals surface area contributed by atoms with Gasteiger partial charge in [-0.2, -0.15) is 0 Å². The second-order valence-corrected chi connectivity index (χ2v) is 7.00. The van der Waals surface area contributed by atoms with Crippen LogP contribution in [0.1, 0.15) is 32.1 Å². The largest absolute Gasteiger partial charge is 0.340 e. The lowest BCUT2D eigenvalue weighted by molar-refractivity contribution is 0.215. The van der Waals surface area contributed by atoms with Crippen LogP contribution in [0.2, 0.25) is 0 Å². The van der Waals surface area contributed by atoms with Crippen molar-refractivity contribution < 1.29 is 0 Å². The first-order valence-electron chi connectivity index (χ1n) is 8.07. The van der Waals surface area contributed by atoms with Gasteiger partial charge in [0, 0.05) is 44.0 Å². The average Bonchev–Trinajstić information content (AvgIpc) is 3.23. The number of likely N-dealkylation sites (tertiary alicyclic amines) is 1. The average molecular weight is 272 g/mol. The molecule has 2 saturated heterocycles. The Bertz CT molecular complexity index is 459. The summed E-state index contributed by atoms with van der Waals surface area (Å²) in [5.41, 5.74) is 0.506. The molecule has 1 saturated carbocycles. The number of piperidine rings is 1. The molecule has 0 aromatic carbocycles. The highest BCUT2D eigenvalue weighted by Gasteiger charge is 2.42. The van der Waals surface area contributed by atoms with Gasteiger partial charge >= 0.3 is 0 Å². The Morgan fingerprint density at radius 3 is 2.75 bits per heavy atom. The van der Waals surface area contributed by atoms with Gasteiger partial charge in [-0.1, -0.05) is 0 Å². The highest BCUT2D eigenvalue weighted by Crippen LogP contribution is 2.41. The van der Waals surface area contributed by atoms with Crippen LogP contribution in [0.15, 0.2) is 18.5 Å². The first kappa shape index (κ1) is 12.6. The van der Waals surface area contributed by atoms with E-state index in [0.29, 0.717) is 5.41 Å². The van der Waals surface area contributed by atoms with Crippen LogP contribution < -0.4 is 4.90 Å². The van der Waals surface area contributed by atoms with E-state index in [0.717, 1.165) is 25.0 Å². The van der Waals surface area contributed by atoms with Gasteiger partial charge in [0.15, 0.2) is 0 Å². The van der Waals surface area contributed by atoms with Crippen molar-refractivity contribution in [3.8, 4) is 0 Å². The molecule has 108 valence electrons. The molecule has 1 aromatic rings. The van der Waals surface area contributed by atoms with Gasteiger partial charge in [0.1, 0.15) is 0 Å². The summed E-state index contributed by atoms with van der Waals surface area (Å²) in [5, 5.41) is 0. The minimum atomic E-state index is 0.506. The molecule has 0 radical (unpaired) electrons. The van der Waals surface area contributed by atoms with Gasteiger partial charge in [0.2, 0.25) is 5.95 Å². The Kier molecular flexibility index (Phi) is 3.14. The predicted molar refractivity (Wildman–Crippen MR) is 79.7 cm³/mol. The van der Waals surface area contributed by atoms with E-state index in [1.54, 1.807) is 0 Å². The van der Waals surface area contributed by atoms with Crippen LogP contribution in [0.4, 0.5) is 5.95 Å². The molecule has 3 aliphatic rings. The molecule has 20 heavy (non-hydrogen) atoms. The lowest BCUT2D eigenvalue weighted by atomic mass is 9.79. The van der Waals surface area contributed by atoms with E-state index in [1.165, 1.54) is 51.7 Å². The van der Waals surface area contributed by atoms with Gasteiger partial charge in [-0.05, 0) is 50.6 Å². The summed E-state index contributed by atoms with van der Waals surface area (Å²) in [7, 11) is 0. The zero-order valence-electron chi connectivity index (χ0n) is 12.2. The van der Waals surface area contributed by atoms with Crippen LogP contribution in [-0.2, 0) is 0 Å². The van der Waals surface area contributed by atoms with E-state index < -0.39 is 0 Å². The standard InChI is InChI=1S/C16H24N4/c1-5-16(6-10-19(12-16)11-14-3-4-14)13-20(9-1)15-17-7-2-8-18-15/h2,7-8,14H,1,3-6,9-13H2/t16-/m0/s1. The van der Waals surface area contributed by atoms with Crippen LogP contribution in [0.5, 0.6) is 0 Å². The summed E-state index contributed by atoms with van der Waals surface area (Å²) in [4.78, 5) is 14.0. The van der Waals surface area contributed by atoms with Crippen molar-refractivity contribution in [1.29, 1.82) is 0 Å². The number of hydrogen-bond acceptors (Lipinski definition) is 4. The van der Waals surface area contributed by atoms with Crippen molar-refractivity contribution >= 4 is 5.95 Å². The van der Waals surface area contributed by atoms with Gasteiger partial charge in [0.25, 0.3) is 0 Å². The lowest BCUT2D eigenvalue weighted by Gasteiger charge is -2.40. The number of hydrogen-bond donors (Lipinski definition) is 0. The molecule has 3 fully saturated rings. The Balaban J connectivity index is 1.43. The molecule has 4 nitrogen and oxygen atoms in total. The smallest absolute Gasteiger partial charge is 0.225 e. The minimum Gasteiger partial charge on any atom is -0.340 e. The minimum absolute atomic E-state index is 0.506. The first-order valence-corrected chi connectivity index (χ1v) is 8.07. The van der Waals surface area contributed by atoms with E-state index in [-0.39, 0.29) is 0 Å². The Morgan fingerprint density at radius 2 is 1.95 bits per heavy atom. The summed E-state index contributed by atoms with van der Waals surface area (Å²) in [6, 6.07) is 1.90. The Morgan fingerprint density at radius 1 is 1.10 bits per heavy atom. The summed E-state index contributed by atoms with van der Waals surface area (Å²) >= 11 is 0. The summed E-state index contributed by atoms with van der Waals surface area (Å²) in [5.74, 6) is 1.94. The molecule has 0 N–H and O–H groups in total. The monoisotopic (exact) mass is 272 g/mol. The SMILES string of the molecule is c1cnc(N2CCC[C@@]3(CCN(CC4CC4)C3)C2)nc1. The summed E-state index contributed by atoms with van der Waals surface area (Å²) in [6.45, 7) is 6.23. The Labute approximate surface area is 121 Å². The number of aromatic nitrogens is 2. The van der Waals surface area contributed by atoms with Crippen LogP contribution in [0.3, 0.4) is 0 Å². The van der Waals surface area contributed by atoms with E-state index in [1.807, 2.05) is 18.5 Å². The Hall–Kier alpha value is -1.16. The van der Waals surface area contributed by atoms with E-state index in [4.69, 9.17) is 0 Å². The van der Waals surface area contributed by atoms with Gasteiger partial charge in [-0.3, -0.25) is 0 Å². The van der Waals surface area contributed by atoms with Gasteiger partial charge in [-0.25, -0.2) is 9.97 Å². The molecule has 1 spiro atoms. The van der Waals surface area contributed by atoms with Gasteiger partial charge in [0.05, 0.1) is 0 Å². The molecule has 1 aliphatic carbocycles. The third-order valence-electron chi connectivity index (χ3n) is 5.23. The normalized spacial score (nSPS) is 31.1. The molecule has 0 unspecified atom stereocenters. The molecule has 0 bridgehead atoms. The zero-order chi connectivity index (χ0) is 13.4. The van der Waals surface area contributed by atoms with Crippen molar-refractivity contribution in [1.82, 2.24) is 14.9 Å². The fourth-order valence-electron chi connectivity index (χ4n) is 4.02. The van der Waals surface area contributed by atoms with E-state index in [2.05, 4.69) is 19.8 Å². The first-order chi connectivity index (χ1) is 9.83. The second kappa shape index (κ2) is 4.99. The topological polar surface area (TPSA) is 32.3 Å². The van der Waals surface area contributed by atoms with Crippen molar-refractivity contribution in [2.75, 3.05) is 37.6 Å². The molecule has 1 atom stereocenters. The van der Waals surface area contributed by atoms with Crippen LogP contribution in [0, 0.1) is 11.3 Å².